The first-order valence-electron chi connectivity index (χ1n) is 9.17. The number of rotatable bonds is 8. The maximum absolute atomic E-state index is 10.9. The van der Waals surface area contributed by atoms with Crippen LogP contribution in [-0.2, 0) is 10.9 Å². The molecular weight excluding hydrogens is 444 g/mol. The maximum Gasteiger partial charge on any atom is 0.236 e. The highest BCUT2D eigenvalue weighted by atomic mass is 32.2. The smallest absolute Gasteiger partial charge is 0.236 e. The fraction of sp³-hybridized carbons (Fsp3) is 0.412. The molecular formula is C17H24N8O4S2. The molecule has 14 heteroatoms. The molecule has 1 aliphatic heterocycles. The number of piperazine rings is 1. The number of nitrogens with zero attached hydrogens (tertiary/aromatic N) is 6. The first kappa shape index (κ1) is 22.8. The van der Waals surface area contributed by atoms with Crippen molar-refractivity contribution in [3.63, 3.8) is 0 Å². The van der Waals surface area contributed by atoms with Crippen molar-refractivity contribution in [1.82, 2.24) is 29.6 Å². The molecule has 0 atom stereocenters. The zero-order chi connectivity index (χ0) is 22.5. The van der Waals surface area contributed by atoms with Crippen LogP contribution < -0.4 is 24.8 Å². The van der Waals surface area contributed by atoms with Gasteiger partial charge in [-0.2, -0.15) is 9.97 Å². The summed E-state index contributed by atoms with van der Waals surface area (Å²) in [5, 5.41) is 0.228. The first-order chi connectivity index (χ1) is 14.8. The summed E-state index contributed by atoms with van der Waals surface area (Å²) >= 11 is 1.09. The van der Waals surface area contributed by atoms with E-state index in [1.54, 1.807) is 0 Å². The average molecular weight is 469 g/mol. The Labute approximate surface area is 186 Å². The number of thiol groups is 1. The monoisotopic (exact) mass is 468 g/mol. The number of likely N-dealkylation sites (N-methyl/N-ethyl adjacent to an activating group) is 1. The second kappa shape index (κ2) is 9.98. The van der Waals surface area contributed by atoms with Gasteiger partial charge in [0.15, 0.2) is 5.16 Å². The summed E-state index contributed by atoms with van der Waals surface area (Å²) in [6.07, 6.45) is 0. The van der Waals surface area contributed by atoms with Crippen molar-refractivity contribution in [2.45, 2.75) is 10.1 Å². The Morgan fingerprint density at radius 2 is 1.74 bits per heavy atom. The van der Waals surface area contributed by atoms with E-state index < -0.39 is 10.9 Å². The molecule has 3 N–H and O–H groups in total. The third kappa shape index (κ3) is 5.65. The lowest BCUT2D eigenvalue weighted by Crippen LogP contribution is -2.45. The van der Waals surface area contributed by atoms with Gasteiger partial charge in [0, 0.05) is 32.2 Å². The van der Waals surface area contributed by atoms with E-state index in [1.807, 2.05) is 0 Å². The van der Waals surface area contributed by atoms with Gasteiger partial charge in [-0.1, -0.05) is 6.58 Å². The van der Waals surface area contributed by atoms with Gasteiger partial charge in [-0.05, 0) is 18.8 Å². The third-order valence-electron chi connectivity index (χ3n) is 4.42. The molecule has 1 aliphatic rings. The molecule has 1 fully saturated rings. The summed E-state index contributed by atoms with van der Waals surface area (Å²) in [6.45, 7) is 7.03. The normalized spacial score (nSPS) is 14.5. The number of anilines is 2. The quantitative estimate of drug-likeness (QED) is 0.349. The van der Waals surface area contributed by atoms with Gasteiger partial charge in [-0.3, -0.25) is 4.72 Å². The van der Waals surface area contributed by atoms with E-state index in [4.69, 9.17) is 15.2 Å². The molecule has 0 amide bonds. The van der Waals surface area contributed by atoms with Gasteiger partial charge in [-0.25, -0.2) is 18.4 Å². The largest absolute Gasteiger partial charge is 0.480 e. The Bertz CT molecular complexity index is 1010. The number of aromatic nitrogens is 4. The van der Waals surface area contributed by atoms with Gasteiger partial charge in [-0.15, -0.1) is 0 Å². The Hall–Kier alpha value is -2.84. The first-order valence-corrected chi connectivity index (χ1v) is 11.2. The molecule has 3 rings (SSSR count). The minimum atomic E-state index is -2.88. The standard InChI is InChI=1S/C17H24N8O4S2/c1-10(23-31(26)27)11-9-12(18)20-17(19-11)30-13-14(28-3)21-16(22-15(13)29-4)25-7-5-24(2)6-8-25/h9,31H,1,5-8H2,2-4H3,(H2,18,19,20)(H,23,26,27). The molecule has 0 spiro atoms. The van der Waals surface area contributed by atoms with Crippen LogP contribution in [0.5, 0.6) is 11.8 Å². The van der Waals surface area contributed by atoms with E-state index in [0.717, 1.165) is 37.9 Å². The highest BCUT2D eigenvalue weighted by molar-refractivity contribution is 7.99. The molecule has 3 heterocycles. The van der Waals surface area contributed by atoms with Crippen molar-refractivity contribution in [2.75, 3.05) is 58.1 Å². The van der Waals surface area contributed by atoms with Crippen LogP contribution in [0.1, 0.15) is 5.69 Å². The minimum Gasteiger partial charge on any atom is -0.480 e. The van der Waals surface area contributed by atoms with Crippen molar-refractivity contribution < 1.29 is 17.9 Å². The second-order valence-corrected chi connectivity index (χ2v) is 8.29. The fourth-order valence-electron chi connectivity index (χ4n) is 2.81. The SMILES string of the molecule is C=C(N[SH](=O)=O)c1cc(N)nc(Sc2c(OC)nc(N3CCN(C)CC3)nc2OC)n1. The highest BCUT2D eigenvalue weighted by Gasteiger charge is 2.24. The van der Waals surface area contributed by atoms with Crippen LogP contribution in [-0.4, -0.2) is 80.7 Å². The van der Waals surface area contributed by atoms with E-state index in [9.17, 15) is 8.42 Å². The Balaban J connectivity index is 1.94. The molecule has 0 radical (unpaired) electrons. The van der Waals surface area contributed by atoms with E-state index in [1.165, 1.54) is 20.3 Å². The molecule has 1 saturated heterocycles. The highest BCUT2D eigenvalue weighted by Crippen LogP contribution is 2.40. The van der Waals surface area contributed by atoms with Crippen LogP contribution in [0.15, 0.2) is 22.7 Å². The van der Waals surface area contributed by atoms with E-state index in [0.29, 0.717) is 22.6 Å². The van der Waals surface area contributed by atoms with Crippen molar-refractivity contribution in [3.05, 3.63) is 18.3 Å². The predicted molar refractivity (Wildman–Crippen MR) is 118 cm³/mol. The molecule has 2 aromatic rings. The lowest BCUT2D eigenvalue weighted by molar-refractivity contribution is 0.308. The van der Waals surface area contributed by atoms with Gasteiger partial charge in [0.05, 0.1) is 25.6 Å². The van der Waals surface area contributed by atoms with Crippen LogP contribution >= 0.6 is 11.8 Å². The lowest BCUT2D eigenvalue weighted by atomic mass is 10.3. The fourth-order valence-corrected chi connectivity index (χ4v) is 4.06. The summed E-state index contributed by atoms with van der Waals surface area (Å²) < 4.78 is 35.0. The molecule has 0 aromatic carbocycles. The third-order valence-corrected chi connectivity index (χ3v) is 5.79. The van der Waals surface area contributed by atoms with Gasteiger partial charge in [0.2, 0.25) is 28.6 Å². The van der Waals surface area contributed by atoms with Crippen molar-refractivity contribution >= 4 is 40.1 Å². The maximum atomic E-state index is 10.9. The minimum absolute atomic E-state index is 0.0765. The van der Waals surface area contributed by atoms with Gasteiger partial charge >= 0.3 is 0 Å². The molecule has 168 valence electrons. The average Bonchev–Trinajstić information content (AvgIpc) is 2.73. The van der Waals surface area contributed by atoms with Crippen molar-refractivity contribution in [1.29, 1.82) is 0 Å². The zero-order valence-corrected chi connectivity index (χ0v) is 19.1. The van der Waals surface area contributed by atoms with Crippen LogP contribution in [0.4, 0.5) is 11.8 Å². The van der Waals surface area contributed by atoms with Crippen LogP contribution in [0.25, 0.3) is 5.70 Å². The number of nitrogen functional groups attached to an aromatic ring is 1. The number of nitrogens with one attached hydrogen (secondary N) is 1. The lowest BCUT2D eigenvalue weighted by Gasteiger charge is -2.32. The zero-order valence-electron chi connectivity index (χ0n) is 17.4. The number of ether oxygens (including phenoxy) is 2. The van der Waals surface area contributed by atoms with Crippen LogP contribution in [0.2, 0.25) is 0 Å². The number of hydrogen-bond acceptors (Lipinski definition) is 12. The molecule has 31 heavy (non-hydrogen) atoms. The predicted octanol–water partition coefficient (Wildman–Crippen LogP) is -0.144. The summed E-state index contributed by atoms with van der Waals surface area (Å²) in [7, 11) is 2.19. The Morgan fingerprint density at radius 1 is 1.13 bits per heavy atom. The van der Waals surface area contributed by atoms with Crippen molar-refractivity contribution in [2.24, 2.45) is 0 Å². The molecule has 0 bridgehead atoms. The van der Waals surface area contributed by atoms with Gasteiger partial charge in [0.1, 0.15) is 10.7 Å². The van der Waals surface area contributed by atoms with Crippen LogP contribution in [0, 0.1) is 0 Å². The van der Waals surface area contributed by atoms with E-state index in [-0.39, 0.29) is 22.4 Å². The Kier molecular flexibility index (Phi) is 7.35. The summed E-state index contributed by atoms with van der Waals surface area (Å²) in [6, 6.07) is 1.42. The molecule has 2 aromatic heterocycles. The van der Waals surface area contributed by atoms with Crippen LogP contribution in [0.3, 0.4) is 0 Å². The summed E-state index contributed by atoms with van der Waals surface area (Å²) in [4.78, 5) is 22.3. The topological polar surface area (TPSA) is 149 Å². The molecule has 0 saturated carbocycles. The summed E-state index contributed by atoms with van der Waals surface area (Å²) in [5.74, 6) is 1.26. The van der Waals surface area contributed by atoms with Gasteiger partial charge < -0.3 is 25.0 Å². The summed E-state index contributed by atoms with van der Waals surface area (Å²) in [5.41, 5.74) is 6.18. The molecule has 0 unspecified atom stereocenters. The Morgan fingerprint density at radius 3 is 2.29 bits per heavy atom. The van der Waals surface area contributed by atoms with Gasteiger partial charge in [0.25, 0.3) is 0 Å². The number of hydrogen-bond donors (Lipinski definition) is 3. The molecule has 0 aliphatic carbocycles. The number of methoxy groups -OCH3 is 2. The molecule has 12 nitrogen and oxygen atoms in total. The second-order valence-electron chi connectivity index (χ2n) is 6.57. The van der Waals surface area contributed by atoms with E-state index in [2.05, 4.69) is 48.1 Å². The number of nitrogens with two attached hydrogens (primary N) is 1. The van der Waals surface area contributed by atoms with Crippen molar-refractivity contribution in [3.8, 4) is 11.8 Å². The van der Waals surface area contributed by atoms with E-state index >= 15 is 0 Å².